The van der Waals surface area contributed by atoms with Gasteiger partial charge in [-0.3, -0.25) is 10.1 Å². The Morgan fingerprint density at radius 2 is 2.38 bits per heavy atom. The molecule has 0 aliphatic carbocycles. The molecule has 1 saturated heterocycles. The van der Waals surface area contributed by atoms with Crippen molar-refractivity contribution in [2.75, 3.05) is 16.8 Å². The van der Waals surface area contributed by atoms with Crippen LogP contribution < -0.4 is 5.32 Å². The lowest BCUT2D eigenvalue weighted by Gasteiger charge is -2.13. The summed E-state index contributed by atoms with van der Waals surface area (Å²) in [5.41, 5.74) is -0.183. The zero-order valence-corrected chi connectivity index (χ0v) is 9.30. The van der Waals surface area contributed by atoms with E-state index in [-0.39, 0.29) is 17.4 Å². The second-order valence-corrected chi connectivity index (χ2v) is 4.75. The Morgan fingerprint density at radius 1 is 1.56 bits per heavy atom. The normalized spacial score (nSPS) is 19.7. The summed E-state index contributed by atoms with van der Waals surface area (Å²) in [4.78, 5) is 10.2. The highest BCUT2D eigenvalue weighted by molar-refractivity contribution is 7.99. The summed E-state index contributed by atoms with van der Waals surface area (Å²) in [7, 11) is 0. The summed E-state index contributed by atoms with van der Waals surface area (Å²) < 4.78 is 13.5. The van der Waals surface area contributed by atoms with Crippen LogP contribution in [0.2, 0.25) is 0 Å². The van der Waals surface area contributed by atoms with Crippen molar-refractivity contribution < 1.29 is 9.31 Å². The van der Waals surface area contributed by atoms with Gasteiger partial charge in [-0.1, -0.05) is 6.07 Å². The van der Waals surface area contributed by atoms with Gasteiger partial charge in [-0.05, 0) is 18.2 Å². The Morgan fingerprint density at radius 3 is 3.00 bits per heavy atom. The maximum atomic E-state index is 13.5. The first-order valence-corrected chi connectivity index (χ1v) is 6.11. The van der Waals surface area contributed by atoms with Gasteiger partial charge in [0.2, 0.25) is 0 Å². The number of anilines is 1. The molecule has 1 unspecified atom stereocenters. The first-order valence-electron chi connectivity index (χ1n) is 4.95. The van der Waals surface area contributed by atoms with Gasteiger partial charge in [-0.25, -0.2) is 4.39 Å². The third kappa shape index (κ3) is 2.27. The van der Waals surface area contributed by atoms with Crippen LogP contribution in [0.15, 0.2) is 18.2 Å². The minimum Gasteiger partial charge on any atom is -0.373 e. The molecule has 2 rings (SSSR count). The molecular formula is C10H11FN2O2S. The molecule has 0 amide bonds. The van der Waals surface area contributed by atoms with Crippen molar-refractivity contribution in [3.05, 3.63) is 34.1 Å². The number of hydrogen-bond acceptors (Lipinski definition) is 4. The molecule has 6 heteroatoms. The number of benzene rings is 1. The van der Waals surface area contributed by atoms with E-state index in [9.17, 15) is 14.5 Å². The van der Waals surface area contributed by atoms with Crippen LogP contribution >= 0.6 is 11.8 Å². The third-order valence-electron chi connectivity index (χ3n) is 2.47. The molecule has 1 aliphatic rings. The number of thioether (sulfide) groups is 1. The third-order valence-corrected chi connectivity index (χ3v) is 3.63. The van der Waals surface area contributed by atoms with Crippen molar-refractivity contribution in [2.45, 2.75) is 12.5 Å². The molecule has 1 N–H and O–H groups in total. The summed E-state index contributed by atoms with van der Waals surface area (Å²) in [6, 6.07) is 4.02. The minimum atomic E-state index is -0.564. The van der Waals surface area contributed by atoms with Gasteiger partial charge in [0.1, 0.15) is 5.69 Å². The van der Waals surface area contributed by atoms with Gasteiger partial charge in [-0.2, -0.15) is 11.8 Å². The molecule has 0 radical (unpaired) electrons. The molecule has 1 heterocycles. The van der Waals surface area contributed by atoms with Crippen LogP contribution in [0.1, 0.15) is 6.42 Å². The van der Waals surface area contributed by atoms with E-state index in [0.29, 0.717) is 0 Å². The fraction of sp³-hybridized carbons (Fsp3) is 0.400. The Hall–Kier alpha value is -1.30. The zero-order chi connectivity index (χ0) is 11.5. The van der Waals surface area contributed by atoms with Gasteiger partial charge < -0.3 is 5.32 Å². The lowest BCUT2D eigenvalue weighted by molar-refractivity contribution is -0.384. The fourth-order valence-electron chi connectivity index (χ4n) is 1.66. The number of nitrogens with one attached hydrogen (secondary N) is 1. The topological polar surface area (TPSA) is 55.2 Å². The van der Waals surface area contributed by atoms with Crippen LogP contribution in [0.3, 0.4) is 0 Å². The van der Waals surface area contributed by atoms with E-state index in [1.807, 2.05) is 0 Å². The Labute approximate surface area is 96.4 Å². The highest BCUT2D eigenvalue weighted by Crippen LogP contribution is 2.30. The second kappa shape index (κ2) is 4.69. The van der Waals surface area contributed by atoms with Gasteiger partial charge in [0.05, 0.1) is 4.92 Å². The molecule has 0 aromatic heterocycles. The van der Waals surface area contributed by atoms with E-state index in [2.05, 4.69) is 5.32 Å². The van der Waals surface area contributed by atoms with Crippen LogP contribution in [0, 0.1) is 15.9 Å². The van der Waals surface area contributed by atoms with Crippen molar-refractivity contribution >= 4 is 23.1 Å². The predicted octanol–water partition coefficient (Wildman–Crippen LogP) is 2.65. The van der Waals surface area contributed by atoms with Crippen molar-refractivity contribution in [2.24, 2.45) is 0 Å². The van der Waals surface area contributed by atoms with E-state index in [1.54, 1.807) is 11.8 Å². The molecule has 86 valence electrons. The van der Waals surface area contributed by atoms with E-state index < -0.39 is 10.7 Å². The predicted molar refractivity (Wildman–Crippen MR) is 62.4 cm³/mol. The molecule has 4 nitrogen and oxygen atoms in total. The minimum absolute atomic E-state index is 0.0139. The second-order valence-electron chi connectivity index (χ2n) is 3.60. The average Bonchev–Trinajstić information content (AvgIpc) is 2.73. The number of halogens is 1. The number of nitrogens with zero attached hydrogens (tertiary/aromatic N) is 1. The van der Waals surface area contributed by atoms with Gasteiger partial charge in [-0.15, -0.1) is 0 Å². The molecule has 1 aliphatic heterocycles. The van der Waals surface area contributed by atoms with Crippen molar-refractivity contribution in [1.29, 1.82) is 0 Å². The molecule has 16 heavy (non-hydrogen) atoms. The summed E-state index contributed by atoms with van der Waals surface area (Å²) in [5.74, 6) is 1.32. The van der Waals surface area contributed by atoms with Gasteiger partial charge in [0.15, 0.2) is 5.82 Å². The maximum absolute atomic E-state index is 13.5. The first-order chi connectivity index (χ1) is 7.68. The standard InChI is InChI=1S/C10H11FN2O2S/c11-8-2-1-3-9(13(14)15)10(8)12-7-4-5-16-6-7/h1-3,7,12H,4-6H2. The lowest BCUT2D eigenvalue weighted by Crippen LogP contribution is -2.19. The quantitative estimate of drug-likeness (QED) is 0.654. The van der Waals surface area contributed by atoms with Gasteiger partial charge in [0, 0.05) is 17.9 Å². The molecule has 1 atom stereocenters. The summed E-state index contributed by atoms with van der Waals surface area (Å²) in [5, 5.41) is 13.7. The maximum Gasteiger partial charge on any atom is 0.295 e. The van der Waals surface area contributed by atoms with Crippen LogP contribution in [0.4, 0.5) is 15.8 Å². The SMILES string of the molecule is O=[N+]([O-])c1cccc(F)c1NC1CCSC1. The Bertz CT molecular complexity index is 408. The van der Waals surface area contributed by atoms with Crippen LogP contribution in [-0.2, 0) is 0 Å². The van der Waals surface area contributed by atoms with E-state index in [4.69, 9.17) is 0 Å². The first kappa shape index (κ1) is 11.2. The highest BCUT2D eigenvalue weighted by atomic mass is 32.2. The summed E-state index contributed by atoms with van der Waals surface area (Å²) in [6.45, 7) is 0. The molecule has 0 bridgehead atoms. The summed E-state index contributed by atoms with van der Waals surface area (Å²) >= 11 is 1.77. The number of nitro groups is 1. The highest BCUT2D eigenvalue weighted by Gasteiger charge is 2.22. The van der Waals surface area contributed by atoms with Crippen LogP contribution in [0.5, 0.6) is 0 Å². The van der Waals surface area contributed by atoms with E-state index in [0.717, 1.165) is 17.9 Å². The smallest absolute Gasteiger partial charge is 0.295 e. The van der Waals surface area contributed by atoms with Crippen molar-refractivity contribution in [3.63, 3.8) is 0 Å². The van der Waals surface area contributed by atoms with Crippen LogP contribution in [-0.4, -0.2) is 22.5 Å². The van der Waals surface area contributed by atoms with Crippen molar-refractivity contribution in [1.82, 2.24) is 0 Å². The number of hydrogen-bond donors (Lipinski definition) is 1. The number of rotatable bonds is 3. The van der Waals surface area contributed by atoms with Gasteiger partial charge in [0.25, 0.3) is 5.69 Å². The van der Waals surface area contributed by atoms with E-state index in [1.165, 1.54) is 18.2 Å². The molecule has 0 saturated carbocycles. The van der Waals surface area contributed by atoms with E-state index >= 15 is 0 Å². The monoisotopic (exact) mass is 242 g/mol. The Balaban J connectivity index is 2.26. The van der Waals surface area contributed by atoms with Gasteiger partial charge >= 0.3 is 0 Å². The fourth-order valence-corrected chi connectivity index (χ4v) is 2.81. The molecule has 1 fully saturated rings. The molecule has 1 aromatic rings. The van der Waals surface area contributed by atoms with Crippen molar-refractivity contribution in [3.8, 4) is 0 Å². The molecule has 0 spiro atoms. The number of para-hydroxylation sites is 1. The molecule has 1 aromatic carbocycles. The Kier molecular flexibility index (Phi) is 3.28. The number of nitro benzene ring substituents is 1. The lowest BCUT2D eigenvalue weighted by atomic mass is 10.2. The zero-order valence-electron chi connectivity index (χ0n) is 8.48. The summed E-state index contributed by atoms with van der Waals surface area (Å²) in [6.07, 6.45) is 0.913. The molecular weight excluding hydrogens is 231 g/mol. The largest absolute Gasteiger partial charge is 0.373 e. The average molecular weight is 242 g/mol. The van der Waals surface area contributed by atoms with Crippen LogP contribution in [0.25, 0.3) is 0 Å².